The summed E-state index contributed by atoms with van der Waals surface area (Å²) in [6, 6.07) is 8.57. The Morgan fingerprint density at radius 1 is 1.21 bits per heavy atom. The van der Waals surface area contributed by atoms with Gasteiger partial charge >= 0.3 is 0 Å². The van der Waals surface area contributed by atoms with Gasteiger partial charge in [-0.2, -0.15) is 0 Å². The summed E-state index contributed by atoms with van der Waals surface area (Å²) < 4.78 is 0. The highest BCUT2D eigenvalue weighted by atomic mass is 16.1. The Morgan fingerprint density at radius 3 is 2.26 bits per heavy atom. The van der Waals surface area contributed by atoms with Gasteiger partial charge in [0.05, 0.1) is 6.04 Å². The summed E-state index contributed by atoms with van der Waals surface area (Å²) in [5.41, 5.74) is 2.04. The van der Waals surface area contributed by atoms with Crippen LogP contribution in [0.2, 0.25) is 0 Å². The van der Waals surface area contributed by atoms with E-state index in [2.05, 4.69) is 25.7 Å². The minimum absolute atomic E-state index is 0.00222. The summed E-state index contributed by atoms with van der Waals surface area (Å²) in [4.78, 5) is 15.0. The third-order valence-electron chi connectivity index (χ3n) is 3.80. The van der Waals surface area contributed by atoms with Crippen molar-refractivity contribution in [2.75, 3.05) is 6.54 Å². The van der Waals surface area contributed by atoms with Gasteiger partial charge in [0.1, 0.15) is 0 Å². The van der Waals surface area contributed by atoms with Crippen molar-refractivity contribution >= 4 is 5.78 Å². The predicted molar refractivity (Wildman–Crippen MR) is 79.5 cm³/mol. The molecule has 0 spiro atoms. The molecule has 2 nitrogen and oxygen atoms in total. The van der Waals surface area contributed by atoms with Crippen LogP contribution in [0.4, 0.5) is 0 Å². The van der Waals surface area contributed by atoms with Crippen LogP contribution in [0, 0.1) is 12.8 Å². The van der Waals surface area contributed by atoms with Crippen LogP contribution in [-0.4, -0.2) is 29.3 Å². The maximum absolute atomic E-state index is 12.6. The van der Waals surface area contributed by atoms with E-state index in [9.17, 15) is 4.79 Å². The lowest BCUT2D eigenvalue weighted by Crippen LogP contribution is -2.42. The molecule has 1 saturated carbocycles. The van der Waals surface area contributed by atoms with Gasteiger partial charge in [0, 0.05) is 18.2 Å². The van der Waals surface area contributed by atoms with Crippen LogP contribution in [0.5, 0.6) is 0 Å². The molecule has 2 rings (SSSR count). The van der Waals surface area contributed by atoms with Gasteiger partial charge in [0.25, 0.3) is 0 Å². The van der Waals surface area contributed by atoms with Gasteiger partial charge in [-0.3, -0.25) is 9.69 Å². The number of carbonyl (C=O) groups excluding carboxylic acids is 1. The van der Waals surface area contributed by atoms with Crippen LogP contribution in [0.25, 0.3) is 0 Å². The molecule has 1 unspecified atom stereocenters. The lowest BCUT2D eigenvalue weighted by molar-refractivity contribution is 0.0807. The highest BCUT2D eigenvalue weighted by Gasteiger charge is 2.35. The lowest BCUT2D eigenvalue weighted by atomic mass is 10.0. The number of hydrogen-bond donors (Lipinski definition) is 0. The molecule has 1 aliphatic carbocycles. The molecule has 2 heteroatoms. The van der Waals surface area contributed by atoms with Crippen LogP contribution in [-0.2, 0) is 0 Å². The van der Waals surface area contributed by atoms with E-state index in [4.69, 9.17) is 0 Å². The minimum Gasteiger partial charge on any atom is -0.292 e. The first kappa shape index (κ1) is 14.3. The molecule has 104 valence electrons. The first-order chi connectivity index (χ1) is 8.99. The molecule has 1 aromatic carbocycles. The van der Waals surface area contributed by atoms with Gasteiger partial charge in [0.2, 0.25) is 0 Å². The summed E-state index contributed by atoms with van der Waals surface area (Å²) in [7, 11) is 0. The van der Waals surface area contributed by atoms with Gasteiger partial charge in [-0.15, -0.1) is 0 Å². The van der Waals surface area contributed by atoms with Crippen molar-refractivity contribution in [1.29, 1.82) is 0 Å². The van der Waals surface area contributed by atoms with E-state index < -0.39 is 0 Å². The molecule has 19 heavy (non-hydrogen) atoms. The molecule has 0 N–H and O–H groups in total. The second-order valence-corrected chi connectivity index (χ2v) is 6.23. The average Bonchev–Trinajstić information content (AvgIpc) is 3.19. The average molecular weight is 259 g/mol. The van der Waals surface area contributed by atoms with Gasteiger partial charge in [-0.1, -0.05) is 43.7 Å². The largest absolute Gasteiger partial charge is 0.292 e. The lowest BCUT2D eigenvalue weighted by Gasteiger charge is -2.29. The molecule has 1 aromatic rings. The topological polar surface area (TPSA) is 20.3 Å². The fourth-order valence-electron chi connectivity index (χ4n) is 2.56. The van der Waals surface area contributed by atoms with Gasteiger partial charge in [0.15, 0.2) is 5.78 Å². The minimum atomic E-state index is -0.00222. The van der Waals surface area contributed by atoms with E-state index in [0.29, 0.717) is 12.0 Å². The second-order valence-electron chi connectivity index (χ2n) is 6.23. The van der Waals surface area contributed by atoms with Crippen molar-refractivity contribution in [2.45, 2.75) is 52.6 Å². The van der Waals surface area contributed by atoms with E-state index in [1.165, 1.54) is 18.4 Å². The van der Waals surface area contributed by atoms with Crippen molar-refractivity contribution in [3.8, 4) is 0 Å². The predicted octanol–water partition coefficient (Wildman–Crippen LogP) is 3.69. The number of benzene rings is 1. The van der Waals surface area contributed by atoms with Crippen LogP contribution in [0.15, 0.2) is 24.3 Å². The SMILES string of the molecule is Cc1ccc(C(=O)C(C)N(CC(C)C)C2CC2)cc1. The van der Waals surface area contributed by atoms with E-state index >= 15 is 0 Å². The second kappa shape index (κ2) is 5.87. The Hall–Kier alpha value is -1.15. The number of carbonyl (C=O) groups is 1. The summed E-state index contributed by atoms with van der Waals surface area (Å²) in [6.45, 7) is 9.57. The zero-order valence-electron chi connectivity index (χ0n) is 12.5. The van der Waals surface area contributed by atoms with Crippen molar-refractivity contribution in [1.82, 2.24) is 4.90 Å². The molecular weight excluding hydrogens is 234 g/mol. The molecule has 1 fully saturated rings. The van der Waals surface area contributed by atoms with E-state index in [0.717, 1.165) is 12.1 Å². The van der Waals surface area contributed by atoms with Crippen molar-refractivity contribution in [2.24, 2.45) is 5.92 Å². The van der Waals surface area contributed by atoms with Crippen molar-refractivity contribution < 1.29 is 4.79 Å². The fraction of sp³-hybridized carbons (Fsp3) is 0.588. The maximum Gasteiger partial charge on any atom is 0.179 e. The van der Waals surface area contributed by atoms with Crippen LogP contribution in [0.1, 0.15) is 49.5 Å². The number of nitrogens with zero attached hydrogens (tertiary/aromatic N) is 1. The molecule has 0 amide bonds. The highest BCUT2D eigenvalue weighted by molar-refractivity contribution is 5.99. The van der Waals surface area contributed by atoms with Crippen molar-refractivity contribution in [3.63, 3.8) is 0 Å². The Labute approximate surface area is 116 Å². The molecule has 0 saturated heterocycles. The summed E-state index contributed by atoms with van der Waals surface area (Å²) in [5.74, 6) is 0.862. The van der Waals surface area contributed by atoms with Crippen LogP contribution >= 0.6 is 0 Å². The molecular formula is C17H25NO. The number of aryl methyl sites for hydroxylation is 1. The normalized spacial score (nSPS) is 16.9. The van der Waals surface area contributed by atoms with Crippen molar-refractivity contribution in [3.05, 3.63) is 35.4 Å². The Bertz CT molecular complexity index is 431. The van der Waals surface area contributed by atoms with E-state index in [-0.39, 0.29) is 11.8 Å². The first-order valence-electron chi connectivity index (χ1n) is 7.35. The maximum atomic E-state index is 12.6. The third kappa shape index (κ3) is 3.66. The van der Waals surface area contributed by atoms with Crippen LogP contribution in [0.3, 0.4) is 0 Å². The Kier molecular flexibility index (Phi) is 4.41. The van der Waals surface area contributed by atoms with Gasteiger partial charge in [-0.05, 0) is 32.6 Å². The Morgan fingerprint density at radius 2 is 1.79 bits per heavy atom. The van der Waals surface area contributed by atoms with Gasteiger partial charge in [-0.25, -0.2) is 0 Å². The zero-order chi connectivity index (χ0) is 14.0. The number of ketones is 1. The summed E-state index contributed by atoms with van der Waals surface area (Å²) >= 11 is 0. The smallest absolute Gasteiger partial charge is 0.179 e. The number of rotatable bonds is 6. The fourth-order valence-corrected chi connectivity index (χ4v) is 2.56. The quantitative estimate of drug-likeness (QED) is 0.726. The molecule has 0 bridgehead atoms. The molecule has 0 aliphatic heterocycles. The standard InChI is InChI=1S/C17H25NO/c1-12(2)11-18(16-9-10-16)14(4)17(19)15-7-5-13(3)6-8-15/h5-8,12,14,16H,9-11H2,1-4H3. The van der Waals surface area contributed by atoms with Gasteiger partial charge < -0.3 is 0 Å². The molecule has 1 aliphatic rings. The van der Waals surface area contributed by atoms with E-state index in [1.54, 1.807) is 0 Å². The summed E-state index contributed by atoms with van der Waals surface area (Å²) in [6.07, 6.45) is 2.50. The number of hydrogen-bond acceptors (Lipinski definition) is 2. The molecule has 0 radical (unpaired) electrons. The third-order valence-corrected chi connectivity index (χ3v) is 3.80. The zero-order valence-corrected chi connectivity index (χ0v) is 12.5. The summed E-state index contributed by atoms with van der Waals surface area (Å²) in [5, 5.41) is 0. The molecule has 0 heterocycles. The molecule has 0 aromatic heterocycles. The monoisotopic (exact) mass is 259 g/mol. The Balaban J connectivity index is 2.09. The first-order valence-corrected chi connectivity index (χ1v) is 7.35. The van der Waals surface area contributed by atoms with Crippen LogP contribution < -0.4 is 0 Å². The highest BCUT2D eigenvalue weighted by Crippen LogP contribution is 2.30. The van der Waals surface area contributed by atoms with E-state index in [1.807, 2.05) is 31.2 Å². The number of Topliss-reactive ketones (excluding diaryl/α,β-unsaturated/α-hetero) is 1. The molecule has 1 atom stereocenters.